The van der Waals surface area contributed by atoms with E-state index in [1.807, 2.05) is 42.5 Å². The number of nitrogens with one attached hydrogen (secondary N) is 1. The van der Waals surface area contributed by atoms with Crippen molar-refractivity contribution in [1.29, 1.82) is 0 Å². The Morgan fingerprint density at radius 3 is 2.21 bits per heavy atom. The molecule has 182 valence electrons. The summed E-state index contributed by atoms with van der Waals surface area (Å²) in [4.78, 5) is 30.0. The molecule has 0 aromatic heterocycles. The maximum absolute atomic E-state index is 13.4. The Kier molecular flexibility index (Phi) is 8.22. The largest absolute Gasteiger partial charge is 0.445 e. The third-order valence-electron chi connectivity index (χ3n) is 7.13. The number of anilines is 1. The van der Waals surface area contributed by atoms with Gasteiger partial charge in [0.25, 0.3) is 0 Å². The van der Waals surface area contributed by atoms with E-state index in [1.54, 1.807) is 4.90 Å². The lowest BCUT2D eigenvalue weighted by Crippen LogP contribution is -2.57. The SMILES string of the molecule is CC(C)c1ccc(NC(=O)[C@@H](C2CCCC2)N2CCN(C(=O)OCc3ccccc3)CC2)cc1. The molecule has 6 nitrogen and oxygen atoms in total. The highest BCUT2D eigenvalue weighted by Crippen LogP contribution is 2.32. The normalized spacial score (nSPS) is 18.1. The molecule has 1 aliphatic carbocycles. The molecule has 0 bridgehead atoms. The van der Waals surface area contributed by atoms with Gasteiger partial charge in [0.05, 0.1) is 6.04 Å². The predicted octanol–water partition coefficient (Wildman–Crippen LogP) is 5.26. The van der Waals surface area contributed by atoms with Crippen molar-refractivity contribution < 1.29 is 14.3 Å². The molecule has 1 heterocycles. The Bertz CT molecular complexity index is 931. The number of amides is 2. The number of ether oxygens (including phenoxy) is 1. The van der Waals surface area contributed by atoms with Gasteiger partial charge in [-0.25, -0.2) is 4.79 Å². The summed E-state index contributed by atoms with van der Waals surface area (Å²) >= 11 is 0. The highest BCUT2D eigenvalue weighted by atomic mass is 16.6. The molecule has 0 unspecified atom stereocenters. The molecule has 1 N–H and O–H groups in total. The first-order chi connectivity index (χ1) is 16.5. The fourth-order valence-electron chi connectivity index (χ4n) is 5.11. The van der Waals surface area contributed by atoms with Crippen molar-refractivity contribution in [3.8, 4) is 0 Å². The van der Waals surface area contributed by atoms with Crippen LogP contribution in [0.25, 0.3) is 0 Å². The Balaban J connectivity index is 1.34. The number of benzene rings is 2. The van der Waals surface area contributed by atoms with E-state index in [0.717, 1.165) is 24.1 Å². The molecule has 0 spiro atoms. The van der Waals surface area contributed by atoms with E-state index in [2.05, 4.69) is 36.2 Å². The van der Waals surface area contributed by atoms with Crippen LogP contribution in [0.4, 0.5) is 10.5 Å². The smallest absolute Gasteiger partial charge is 0.410 e. The van der Waals surface area contributed by atoms with Crippen molar-refractivity contribution in [2.24, 2.45) is 5.92 Å². The third kappa shape index (κ3) is 6.17. The first kappa shape index (κ1) is 24.3. The Morgan fingerprint density at radius 1 is 0.941 bits per heavy atom. The Morgan fingerprint density at radius 2 is 1.59 bits per heavy atom. The number of carbonyl (C=O) groups excluding carboxylic acids is 2. The van der Waals surface area contributed by atoms with Gasteiger partial charge in [-0.1, -0.05) is 69.2 Å². The monoisotopic (exact) mass is 463 g/mol. The lowest BCUT2D eigenvalue weighted by molar-refractivity contribution is -0.124. The molecular weight excluding hydrogens is 426 g/mol. The molecule has 2 aromatic rings. The molecule has 34 heavy (non-hydrogen) atoms. The summed E-state index contributed by atoms with van der Waals surface area (Å²) < 4.78 is 5.51. The first-order valence-electron chi connectivity index (χ1n) is 12.6. The summed E-state index contributed by atoms with van der Waals surface area (Å²) in [6.07, 6.45) is 4.26. The highest BCUT2D eigenvalue weighted by molar-refractivity contribution is 5.95. The molecule has 4 rings (SSSR count). The quantitative estimate of drug-likeness (QED) is 0.608. The van der Waals surface area contributed by atoms with Gasteiger partial charge in [0.15, 0.2) is 0 Å². The zero-order valence-corrected chi connectivity index (χ0v) is 20.4. The van der Waals surface area contributed by atoms with Gasteiger partial charge in [-0.05, 0) is 47.9 Å². The minimum atomic E-state index is -0.282. The summed E-state index contributed by atoms with van der Waals surface area (Å²) in [5.74, 6) is 0.905. The average molecular weight is 464 g/mol. The lowest BCUT2D eigenvalue weighted by Gasteiger charge is -2.40. The predicted molar refractivity (Wildman–Crippen MR) is 135 cm³/mol. The number of rotatable bonds is 7. The van der Waals surface area contributed by atoms with Gasteiger partial charge in [0.1, 0.15) is 6.61 Å². The lowest BCUT2D eigenvalue weighted by atomic mass is 9.94. The topological polar surface area (TPSA) is 61.9 Å². The Labute approximate surface area is 203 Å². The summed E-state index contributed by atoms with van der Waals surface area (Å²) in [6.45, 7) is 7.13. The molecule has 1 atom stereocenters. The summed E-state index contributed by atoms with van der Waals surface area (Å²) in [5.41, 5.74) is 3.09. The molecule has 1 aliphatic heterocycles. The van der Waals surface area contributed by atoms with E-state index in [0.29, 0.717) is 38.0 Å². The van der Waals surface area contributed by atoms with Crippen LogP contribution >= 0.6 is 0 Å². The number of piperazine rings is 1. The molecule has 1 saturated carbocycles. The first-order valence-corrected chi connectivity index (χ1v) is 12.6. The number of hydrogen-bond donors (Lipinski definition) is 1. The molecule has 2 aliphatic rings. The van der Waals surface area contributed by atoms with Gasteiger partial charge in [0, 0.05) is 31.9 Å². The van der Waals surface area contributed by atoms with Crippen LogP contribution in [-0.2, 0) is 16.1 Å². The van der Waals surface area contributed by atoms with Crippen molar-refractivity contribution in [3.05, 3.63) is 65.7 Å². The fraction of sp³-hybridized carbons (Fsp3) is 0.500. The minimum absolute atomic E-state index is 0.0734. The number of carbonyl (C=O) groups is 2. The van der Waals surface area contributed by atoms with Gasteiger partial charge < -0.3 is 15.0 Å². The van der Waals surface area contributed by atoms with Crippen LogP contribution in [0, 0.1) is 5.92 Å². The molecule has 2 fully saturated rings. The van der Waals surface area contributed by atoms with Crippen molar-refractivity contribution in [3.63, 3.8) is 0 Å². The van der Waals surface area contributed by atoms with Crippen molar-refractivity contribution in [1.82, 2.24) is 9.80 Å². The molecule has 0 radical (unpaired) electrons. The number of nitrogens with zero attached hydrogens (tertiary/aromatic N) is 2. The van der Waals surface area contributed by atoms with Gasteiger partial charge in [-0.15, -0.1) is 0 Å². The summed E-state index contributed by atoms with van der Waals surface area (Å²) in [5, 5.41) is 3.17. The summed E-state index contributed by atoms with van der Waals surface area (Å²) in [7, 11) is 0. The third-order valence-corrected chi connectivity index (χ3v) is 7.13. The van der Waals surface area contributed by atoms with E-state index in [4.69, 9.17) is 4.74 Å². The zero-order valence-electron chi connectivity index (χ0n) is 20.4. The summed E-state index contributed by atoms with van der Waals surface area (Å²) in [6, 6.07) is 17.7. The van der Waals surface area contributed by atoms with E-state index in [1.165, 1.54) is 18.4 Å². The maximum Gasteiger partial charge on any atom is 0.410 e. The van der Waals surface area contributed by atoms with Crippen LogP contribution in [-0.4, -0.2) is 54.0 Å². The van der Waals surface area contributed by atoms with Crippen LogP contribution in [0.15, 0.2) is 54.6 Å². The number of hydrogen-bond acceptors (Lipinski definition) is 4. The second-order valence-corrected chi connectivity index (χ2v) is 9.82. The Hall–Kier alpha value is -2.86. The maximum atomic E-state index is 13.4. The van der Waals surface area contributed by atoms with Crippen LogP contribution in [0.1, 0.15) is 56.6 Å². The van der Waals surface area contributed by atoms with Crippen molar-refractivity contribution >= 4 is 17.7 Å². The van der Waals surface area contributed by atoms with E-state index in [-0.39, 0.29) is 24.6 Å². The van der Waals surface area contributed by atoms with Crippen LogP contribution < -0.4 is 5.32 Å². The van der Waals surface area contributed by atoms with Crippen LogP contribution in [0.3, 0.4) is 0 Å². The second-order valence-electron chi connectivity index (χ2n) is 9.82. The standard InChI is InChI=1S/C28H37N3O3/c1-21(2)23-12-14-25(15-13-23)29-27(32)26(24-10-6-7-11-24)30-16-18-31(19-17-30)28(33)34-20-22-8-4-3-5-9-22/h3-5,8-9,12-15,21,24,26H,6-7,10-11,16-20H2,1-2H3,(H,29,32)/t26-/m1/s1. The van der Waals surface area contributed by atoms with Gasteiger partial charge in [-0.2, -0.15) is 0 Å². The van der Waals surface area contributed by atoms with Crippen LogP contribution in [0.5, 0.6) is 0 Å². The average Bonchev–Trinajstić information content (AvgIpc) is 3.38. The van der Waals surface area contributed by atoms with Gasteiger partial charge in [0.2, 0.25) is 5.91 Å². The zero-order chi connectivity index (χ0) is 23.9. The van der Waals surface area contributed by atoms with E-state index in [9.17, 15) is 9.59 Å². The second kappa shape index (κ2) is 11.5. The highest BCUT2D eigenvalue weighted by Gasteiger charge is 2.37. The molecule has 2 amide bonds. The van der Waals surface area contributed by atoms with Gasteiger partial charge in [-0.3, -0.25) is 9.69 Å². The van der Waals surface area contributed by atoms with Gasteiger partial charge >= 0.3 is 6.09 Å². The van der Waals surface area contributed by atoms with E-state index >= 15 is 0 Å². The minimum Gasteiger partial charge on any atom is -0.445 e. The molecule has 6 heteroatoms. The fourth-order valence-corrected chi connectivity index (χ4v) is 5.11. The molecular formula is C28H37N3O3. The molecule has 1 saturated heterocycles. The van der Waals surface area contributed by atoms with Crippen molar-refractivity contribution in [2.75, 3.05) is 31.5 Å². The van der Waals surface area contributed by atoms with Crippen LogP contribution in [0.2, 0.25) is 0 Å². The van der Waals surface area contributed by atoms with E-state index < -0.39 is 0 Å². The molecule has 2 aromatic carbocycles. The van der Waals surface area contributed by atoms with Crippen molar-refractivity contribution in [2.45, 2.75) is 58.1 Å².